The molecule has 4 heterocycles. The first-order valence-corrected chi connectivity index (χ1v) is 9.82. The first-order chi connectivity index (χ1) is 12.6. The van der Waals surface area contributed by atoms with E-state index in [1.54, 1.807) is 17.1 Å². The third-order valence-corrected chi connectivity index (χ3v) is 6.39. The number of piperidine rings is 3. The summed E-state index contributed by atoms with van der Waals surface area (Å²) >= 11 is 5.86. The van der Waals surface area contributed by atoms with E-state index in [0.717, 1.165) is 19.3 Å². The molecule has 2 amide bonds. The smallest absolute Gasteiger partial charge is 0.224 e. The van der Waals surface area contributed by atoms with E-state index in [1.807, 2.05) is 9.80 Å². The van der Waals surface area contributed by atoms with Gasteiger partial charge in [-0.2, -0.15) is 5.10 Å². The quantitative estimate of drug-likeness (QED) is 0.849. The Morgan fingerprint density at radius 2 is 2.15 bits per heavy atom. The van der Waals surface area contributed by atoms with Crippen molar-refractivity contribution >= 4 is 23.4 Å². The van der Waals surface area contributed by atoms with E-state index in [-0.39, 0.29) is 36.4 Å². The summed E-state index contributed by atoms with van der Waals surface area (Å²) in [6, 6.07) is 0.0229. The van der Waals surface area contributed by atoms with Gasteiger partial charge in [-0.1, -0.05) is 11.6 Å². The summed E-state index contributed by atoms with van der Waals surface area (Å²) < 4.78 is 1.68. The molecule has 3 fully saturated rings. The van der Waals surface area contributed by atoms with Crippen LogP contribution in [0.1, 0.15) is 32.1 Å². The van der Waals surface area contributed by atoms with Crippen LogP contribution in [-0.4, -0.2) is 68.3 Å². The number of hydrogen-bond donors (Lipinski definition) is 1. The van der Waals surface area contributed by atoms with Crippen LogP contribution in [0.15, 0.2) is 12.4 Å². The zero-order valence-corrected chi connectivity index (χ0v) is 15.5. The van der Waals surface area contributed by atoms with Gasteiger partial charge in [-0.15, -0.1) is 0 Å². The minimum Gasteiger partial charge on any atom is -0.394 e. The van der Waals surface area contributed by atoms with Gasteiger partial charge >= 0.3 is 0 Å². The Hall–Kier alpha value is -1.60. The van der Waals surface area contributed by atoms with E-state index >= 15 is 0 Å². The maximum Gasteiger partial charge on any atom is 0.224 e. The average molecular weight is 381 g/mol. The zero-order valence-electron chi connectivity index (χ0n) is 14.8. The van der Waals surface area contributed by atoms with Crippen LogP contribution >= 0.6 is 11.6 Å². The summed E-state index contributed by atoms with van der Waals surface area (Å²) in [5.74, 6) is 0.771. The first kappa shape index (κ1) is 17.8. The number of nitrogens with zero attached hydrogens (tertiary/aromatic N) is 4. The number of rotatable bonds is 4. The van der Waals surface area contributed by atoms with Crippen molar-refractivity contribution in [3.05, 3.63) is 17.4 Å². The normalized spacial score (nSPS) is 31.1. The summed E-state index contributed by atoms with van der Waals surface area (Å²) in [7, 11) is 0. The molecule has 3 saturated heterocycles. The van der Waals surface area contributed by atoms with Gasteiger partial charge in [0.2, 0.25) is 11.8 Å². The van der Waals surface area contributed by atoms with Gasteiger partial charge in [0.15, 0.2) is 0 Å². The lowest BCUT2D eigenvalue weighted by Crippen LogP contribution is -2.66. The Bertz CT molecular complexity index is 680. The number of hydrogen-bond acceptors (Lipinski definition) is 4. The third kappa shape index (κ3) is 3.22. The SMILES string of the molecule is O=C(CCn1cc(Cl)cn1)N1C[C@H]2C[C@@H](C1)[C@H](CO)N1C(=O)CCC[C@@H]21. The van der Waals surface area contributed by atoms with E-state index in [2.05, 4.69) is 5.10 Å². The van der Waals surface area contributed by atoms with Gasteiger partial charge < -0.3 is 14.9 Å². The van der Waals surface area contributed by atoms with Crippen molar-refractivity contribution in [3.8, 4) is 0 Å². The van der Waals surface area contributed by atoms with E-state index in [4.69, 9.17) is 11.6 Å². The molecule has 4 rings (SSSR count). The van der Waals surface area contributed by atoms with E-state index in [9.17, 15) is 14.7 Å². The molecule has 0 aromatic carbocycles. The Kier molecular flexibility index (Phi) is 4.92. The van der Waals surface area contributed by atoms with Crippen molar-refractivity contribution in [1.29, 1.82) is 0 Å². The predicted molar refractivity (Wildman–Crippen MR) is 95.4 cm³/mol. The fourth-order valence-electron chi connectivity index (χ4n) is 5.04. The molecule has 7 nitrogen and oxygen atoms in total. The lowest BCUT2D eigenvalue weighted by atomic mass is 9.72. The summed E-state index contributed by atoms with van der Waals surface area (Å²) in [6.45, 7) is 1.82. The van der Waals surface area contributed by atoms with Crippen LogP contribution in [0.2, 0.25) is 5.02 Å². The predicted octanol–water partition coefficient (Wildman–Crippen LogP) is 1.15. The van der Waals surface area contributed by atoms with Crippen molar-refractivity contribution in [2.45, 2.75) is 50.7 Å². The molecule has 0 radical (unpaired) electrons. The fraction of sp³-hybridized carbons (Fsp3) is 0.722. The number of aryl methyl sites for hydroxylation is 1. The van der Waals surface area contributed by atoms with Gasteiger partial charge in [-0.05, 0) is 31.1 Å². The molecule has 142 valence electrons. The highest BCUT2D eigenvalue weighted by atomic mass is 35.5. The standard InChI is InChI=1S/C18H25ClN4O3/c19-14-7-20-22(10-14)5-4-17(25)21-8-12-6-13(9-21)16(11-24)23-15(12)2-1-3-18(23)26/h7,10,12-13,15-16,24H,1-6,8-9,11H2/t12-,13+,15+,16+/m1/s1. The van der Waals surface area contributed by atoms with Crippen molar-refractivity contribution in [2.75, 3.05) is 19.7 Å². The monoisotopic (exact) mass is 380 g/mol. The second-order valence-electron chi connectivity index (χ2n) is 7.74. The highest BCUT2D eigenvalue weighted by Gasteiger charge is 2.49. The summed E-state index contributed by atoms with van der Waals surface area (Å²) in [4.78, 5) is 29.0. The topological polar surface area (TPSA) is 78.7 Å². The van der Waals surface area contributed by atoms with Crippen molar-refractivity contribution in [1.82, 2.24) is 19.6 Å². The minimum atomic E-state index is -0.149. The summed E-state index contributed by atoms with van der Waals surface area (Å²) in [5.41, 5.74) is 0. The molecule has 0 saturated carbocycles. The third-order valence-electron chi connectivity index (χ3n) is 6.19. The molecule has 4 atom stereocenters. The molecule has 2 bridgehead atoms. The molecular weight excluding hydrogens is 356 g/mol. The molecule has 0 aliphatic carbocycles. The van der Waals surface area contributed by atoms with E-state index in [1.165, 1.54) is 0 Å². The molecular formula is C18H25ClN4O3. The fourth-order valence-corrected chi connectivity index (χ4v) is 5.20. The van der Waals surface area contributed by atoms with Crippen LogP contribution in [0.3, 0.4) is 0 Å². The molecule has 3 aliphatic heterocycles. The number of aliphatic hydroxyl groups excluding tert-OH is 1. The highest BCUT2D eigenvalue weighted by molar-refractivity contribution is 6.30. The lowest BCUT2D eigenvalue weighted by Gasteiger charge is -2.56. The number of amides is 2. The maximum atomic E-state index is 12.7. The van der Waals surface area contributed by atoms with Gasteiger partial charge in [0.05, 0.1) is 23.9 Å². The Balaban J connectivity index is 1.44. The Morgan fingerprint density at radius 3 is 2.88 bits per heavy atom. The van der Waals surface area contributed by atoms with E-state index in [0.29, 0.717) is 43.4 Å². The van der Waals surface area contributed by atoms with Gasteiger partial charge in [0.1, 0.15) is 0 Å². The number of fused-ring (bicyclic) bond motifs is 4. The van der Waals surface area contributed by atoms with Crippen LogP contribution in [0.4, 0.5) is 0 Å². The minimum absolute atomic E-state index is 0.0204. The average Bonchev–Trinajstić information content (AvgIpc) is 3.06. The van der Waals surface area contributed by atoms with Crippen LogP contribution in [0, 0.1) is 11.8 Å². The Labute approximate surface area is 157 Å². The molecule has 1 aromatic rings. The molecule has 3 aliphatic rings. The van der Waals surface area contributed by atoms with Crippen molar-refractivity contribution in [2.24, 2.45) is 11.8 Å². The van der Waals surface area contributed by atoms with Crippen LogP contribution in [0.5, 0.6) is 0 Å². The first-order valence-electron chi connectivity index (χ1n) is 9.44. The number of carbonyl (C=O) groups excluding carboxylic acids is 2. The number of carbonyl (C=O) groups is 2. The number of aliphatic hydroxyl groups is 1. The lowest BCUT2D eigenvalue weighted by molar-refractivity contribution is -0.158. The summed E-state index contributed by atoms with van der Waals surface area (Å²) in [6.07, 6.45) is 7.14. The van der Waals surface area contributed by atoms with Gasteiger partial charge in [-0.25, -0.2) is 0 Å². The molecule has 26 heavy (non-hydrogen) atoms. The van der Waals surface area contributed by atoms with Gasteiger partial charge in [0, 0.05) is 44.7 Å². The molecule has 0 unspecified atom stereocenters. The second kappa shape index (κ2) is 7.19. The van der Waals surface area contributed by atoms with Crippen LogP contribution < -0.4 is 0 Å². The molecule has 8 heteroatoms. The molecule has 1 N–H and O–H groups in total. The van der Waals surface area contributed by atoms with Gasteiger partial charge in [-0.3, -0.25) is 14.3 Å². The number of aromatic nitrogens is 2. The highest BCUT2D eigenvalue weighted by Crippen LogP contribution is 2.41. The second-order valence-corrected chi connectivity index (χ2v) is 8.17. The molecule has 0 spiro atoms. The molecule has 1 aromatic heterocycles. The van der Waals surface area contributed by atoms with Crippen molar-refractivity contribution in [3.63, 3.8) is 0 Å². The van der Waals surface area contributed by atoms with Gasteiger partial charge in [0.25, 0.3) is 0 Å². The number of halogens is 1. The number of likely N-dealkylation sites (tertiary alicyclic amines) is 1. The van der Waals surface area contributed by atoms with Crippen LogP contribution in [-0.2, 0) is 16.1 Å². The zero-order chi connectivity index (χ0) is 18.3. The largest absolute Gasteiger partial charge is 0.394 e. The summed E-state index contributed by atoms with van der Waals surface area (Å²) in [5, 5.41) is 14.6. The maximum absolute atomic E-state index is 12.7. The Morgan fingerprint density at radius 1 is 1.35 bits per heavy atom. The van der Waals surface area contributed by atoms with Crippen LogP contribution in [0.25, 0.3) is 0 Å². The van der Waals surface area contributed by atoms with Crippen molar-refractivity contribution < 1.29 is 14.7 Å². The van der Waals surface area contributed by atoms with E-state index < -0.39 is 0 Å².